The van der Waals surface area contributed by atoms with Gasteiger partial charge >= 0.3 is 0 Å². The molecule has 0 aliphatic carbocycles. The molecule has 0 saturated carbocycles. The van der Waals surface area contributed by atoms with Gasteiger partial charge in [0.05, 0.1) is 18.7 Å². The van der Waals surface area contributed by atoms with Gasteiger partial charge in [-0.2, -0.15) is 0 Å². The van der Waals surface area contributed by atoms with E-state index in [1.54, 1.807) is 25.6 Å². The monoisotopic (exact) mass is 383 g/mol. The Morgan fingerprint density at radius 1 is 1.10 bits per heavy atom. The highest BCUT2D eigenvalue weighted by molar-refractivity contribution is 5.95. The van der Waals surface area contributed by atoms with Gasteiger partial charge in [0.15, 0.2) is 0 Å². The van der Waals surface area contributed by atoms with Crippen LogP contribution in [0.15, 0.2) is 73.1 Å². The Kier molecular flexibility index (Phi) is 4.28. The average molecular weight is 383 g/mol. The number of carbonyl (C=O) groups excluding carboxylic acids is 1. The van der Waals surface area contributed by atoms with Gasteiger partial charge in [0.1, 0.15) is 5.75 Å². The van der Waals surface area contributed by atoms with Crippen LogP contribution in [-0.2, 0) is 6.42 Å². The summed E-state index contributed by atoms with van der Waals surface area (Å²) >= 11 is 0. The van der Waals surface area contributed by atoms with Gasteiger partial charge < -0.3 is 14.6 Å². The van der Waals surface area contributed by atoms with E-state index in [-0.39, 0.29) is 11.9 Å². The van der Waals surface area contributed by atoms with E-state index < -0.39 is 0 Å². The summed E-state index contributed by atoms with van der Waals surface area (Å²) in [4.78, 5) is 23.0. The van der Waals surface area contributed by atoms with Crippen molar-refractivity contribution in [3.05, 3.63) is 95.4 Å². The first kappa shape index (κ1) is 17.5. The fourth-order valence-corrected chi connectivity index (χ4v) is 4.25. The molecule has 1 aliphatic rings. The van der Waals surface area contributed by atoms with E-state index in [0.29, 0.717) is 12.1 Å². The molecule has 0 unspecified atom stereocenters. The maximum atomic E-state index is 13.4. The molecule has 1 atom stereocenters. The number of amides is 1. The highest BCUT2D eigenvalue weighted by Gasteiger charge is 2.35. The van der Waals surface area contributed by atoms with Crippen LogP contribution in [0.5, 0.6) is 5.75 Å². The van der Waals surface area contributed by atoms with Gasteiger partial charge in [0.2, 0.25) is 0 Å². The molecule has 0 radical (unpaired) electrons. The largest absolute Gasteiger partial charge is 0.497 e. The molecular weight excluding hydrogens is 362 g/mol. The Hall–Kier alpha value is -3.60. The van der Waals surface area contributed by atoms with Gasteiger partial charge in [-0.05, 0) is 47.9 Å². The minimum absolute atomic E-state index is 0.0109. The number of para-hydroxylation sites is 1. The lowest BCUT2D eigenvalue weighted by Crippen LogP contribution is -2.40. The molecule has 5 nitrogen and oxygen atoms in total. The number of fused-ring (bicyclic) bond motifs is 3. The minimum atomic E-state index is -0.190. The van der Waals surface area contributed by atoms with Crippen LogP contribution in [-0.4, -0.2) is 34.4 Å². The van der Waals surface area contributed by atoms with Gasteiger partial charge in [0, 0.05) is 35.5 Å². The average Bonchev–Trinajstić information content (AvgIpc) is 3.17. The first-order chi connectivity index (χ1) is 14.3. The number of carbonyl (C=O) groups is 1. The van der Waals surface area contributed by atoms with Crippen LogP contribution in [0.2, 0.25) is 0 Å². The molecule has 1 aliphatic heterocycles. The number of nitrogens with zero attached hydrogens (tertiary/aromatic N) is 2. The Morgan fingerprint density at radius 3 is 2.69 bits per heavy atom. The number of rotatable bonds is 3. The van der Waals surface area contributed by atoms with E-state index in [2.05, 4.69) is 28.2 Å². The highest BCUT2D eigenvalue weighted by Crippen LogP contribution is 2.39. The van der Waals surface area contributed by atoms with Crippen LogP contribution in [0.25, 0.3) is 10.9 Å². The second-order valence-corrected chi connectivity index (χ2v) is 7.23. The number of methoxy groups -OCH3 is 1. The number of aromatic amines is 1. The van der Waals surface area contributed by atoms with Crippen molar-refractivity contribution in [2.45, 2.75) is 12.5 Å². The molecule has 5 heteroatoms. The molecule has 144 valence electrons. The summed E-state index contributed by atoms with van der Waals surface area (Å²) < 4.78 is 5.32. The summed E-state index contributed by atoms with van der Waals surface area (Å²) in [7, 11) is 1.66. The normalized spacial score (nSPS) is 15.9. The Balaban J connectivity index is 1.65. The summed E-state index contributed by atoms with van der Waals surface area (Å²) in [5.41, 5.74) is 5.13. The lowest BCUT2D eigenvalue weighted by atomic mass is 9.91. The maximum Gasteiger partial charge on any atom is 0.256 e. The van der Waals surface area contributed by atoms with E-state index in [1.807, 2.05) is 41.3 Å². The van der Waals surface area contributed by atoms with Crippen LogP contribution in [0, 0.1) is 0 Å². The molecule has 3 heterocycles. The molecule has 1 amide bonds. The molecule has 2 aromatic carbocycles. The molecule has 5 rings (SSSR count). The van der Waals surface area contributed by atoms with Crippen molar-refractivity contribution in [3.8, 4) is 5.75 Å². The second kappa shape index (κ2) is 7.09. The number of nitrogens with one attached hydrogen (secondary N) is 1. The standard InChI is InChI=1S/C24H21N3O2/c1-29-18-10-8-16(9-11-18)23-22-20(19-6-2-3-7-21(19)26-22)12-14-27(23)24(28)17-5-4-13-25-15-17/h2-11,13,15,23,26H,12,14H2,1H3/t23-/m1/s1. The predicted molar refractivity (Wildman–Crippen MR) is 112 cm³/mol. The number of benzene rings is 2. The zero-order chi connectivity index (χ0) is 19.8. The van der Waals surface area contributed by atoms with E-state index in [0.717, 1.165) is 28.9 Å². The third kappa shape index (κ3) is 2.95. The number of hydrogen-bond donors (Lipinski definition) is 1. The first-order valence-corrected chi connectivity index (χ1v) is 9.70. The molecule has 0 saturated heterocycles. The fourth-order valence-electron chi connectivity index (χ4n) is 4.25. The number of hydrogen-bond acceptors (Lipinski definition) is 3. The molecule has 4 aromatic rings. The SMILES string of the molecule is COc1ccc([C@@H]2c3[nH]c4ccccc4c3CCN2C(=O)c2cccnc2)cc1. The van der Waals surface area contributed by atoms with Crippen LogP contribution >= 0.6 is 0 Å². The summed E-state index contributed by atoms with van der Waals surface area (Å²) in [6.07, 6.45) is 4.13. The zero-order valence-electron chi connectivity index (χ0n) is 16.1. The van der Waals surface area contributed by atoms with Gasteiger partial charge in [-0.25, -0.2) is 0 Å². The summed E-state index contributed by atoms with van der Waals surface area (Å²) in [5, 5.41) is 1.23. The Bertz CT molecular complexity index is 1170. The molecule has 0 bridgehead atoms. The van der Waals surface area contributed by atoms with E-state index in [4.69, 9.17) is 4.74 Å². The first-order valence-electron chi connectivity index (χ1n) is 9.70. The third-order valence-electron chi connectivity index (χ3n) is 5.64. The molecule has 29 heavy (non-hydrogen) atoms. The summed E-state index contributed by atoms with van der Waals surface area (Å²) in [5.74, 6) is 0.787. The topological polar surface area (TPSA) is 58.2 Å². The summed E-state index contributed by atoms with van der Waals surface area (Å²) in [6.45, 7) is 0.652. The van der Waals surface area contributed by atoms with Crippen LogP contribution < -0.4 is 4.74 Å². The van der Waals surface area contributed by atoms with E-state index in [1.165, 1.54) is 10.9 Å². The number of aromatic nitrogens is 2. The van der Waals surface area contributed by atoms with E-state index in [9.17, 15) is 4.79 Å². The second-order valence-electron chi connectivity index (χ2n) is 7.23. The van der Waals surface area contributed by atoms with Crippen molar-refractivity contribution in [2.24, 2.45) is 0 Å². The van der Waals surface area contributed by atoms with Gasteiger partial charge in [-0.3, -0.25) is 9.78 Å². The van der Waals surface area contributed by atoms with Crippen LogP contribution in [0.3, 0.4) is 0 Å². The van der Waals surface area contributed by atoms with Crippen molar-refractivity contribution in [3.63, 3.8) is 0 Å². The van der Waals surface area contributed by atoms with E-state index >= 15 is 0 Å². The highest BCUT2D eigenvalue weighted by atomic mass is 16.5. The number of pyridine rings is 1. The minimum Gasteiger partial charge on any atom is -0.497 e. The van der Waals surface area contributed by atoms with Gasteiger partial charge in [0.25, 0.3) is 5.91 Å². The zero-order valence-corrected chi connectivity index (χ0v) is 16.1. The van der Waals surface area contributed by atoms with Crippen molar-refractivity contribution < 1.29 is 9.53 Å². The molecule has 0 fully saturated rings. The third-order valence-corrected chi connectivity index (χ3v) is 5.64. The Labute approximate surface area is 169 Å². The van der Waals surface area contributed by atoms with Crippen LogP contribution in [0.4, 0.5) is 0 Å². The fraction of sp³-hybridized carbons (Fsp3) is 0.167. The summed E-state index contributed by atoms with van der Waals surface area (Å²) in [6, 6.07) is 19.7. The lowest BCUT2D eigenvalue weighted by Gasteiger charge is -2.36. The molecule has 2 aromatic heterocycles. The lowest BCUT2D eigenvalue weighted by molar-refractivity contribution is 0.0691. The van der Waals surface area contributed by atoms with Gasteiger partial charge in [-0.15, -0.1) is 0 Å². The maximum absolute atomic E-state index is 13.4. The van der Waals surface area contributed by atoms with Crippen molar-refractivity contribution in [2.75, 3.05) is 13.7 Å². The number of H-pyrrole nitrogens is 1. The predicted octanol–water partition coefficient (Wildman–Crippen LogP) is 4.36. The smallest absolute Gasteiger partial charge is 0.256 e. The molecule has 1 N–H and O–H groups in total. The van der Waals surface area contributed by atoms with Gasteiger partial charge in [-0.1, -0.05) is 30.3 Å². The van der Waals surface area contributed by atoms with Crippen molar-refractivity contribution in [1.82, 2.24) is 14.9 Å². The number of ether oxygens (including phenoxy) is 1. The quantitative estimate of drug-likeness (QED) is 0.572. The van der Waals surface area contributed by atoms with Crippen molar-refractivity contribution >= 4 is 16.8 Å². The molecular formula is C24H21N3O2. The molecule has 0 spiro atoms. The van der Waals surface area contributed by atoms with Crippen molar-refractivity contribution in [1.29, 1.82) is 0 Å². The Morgan fingerprint density at radius 2 is 1.93 bits per heavy atom. The van der Waals surface area contributed by atoms with Crippen LogP contribution in [0.1, 0.15) is 33.2 Å².